The third-order valence-corrected chi connectivity index (χ3v) is 1.66. The molecule has 0 aromatic heterocycles. The van der Waals surface area contributed by atoms with Gasteiger partial charge >= 0.3 is 18.0 Å². The normalized spacial score (nSPS) is 16.9. The Balaban J connectivity index is 5.07. The number of rotatable bonds is 2. The highest BCUT2D eigenvalue weighted by Crippen LogP contribution is 2.49. The fraction of sp³-hybridized carbons (Fsp3) is 1.00. The second-order valence-electron chi connectivity index (χ2n) is 2.39. The second-order valence-corrected chi connectivity index (χ2v) is 3.39. The second kappa shape index (κ2) is 3.82. The smallest absolute Gasteiger partial charge is 0.235 e. The highest BCUT2D eigenvalue weighted by atomic mass is 79.9. The summed E-state index contributed by atoms with van der Waals surface area (Å²) < 4.78 is 94.5. The summed E-state index contributed by atoms with van der Waals surface area (Å²) in [5.74, 6) is 0. The largest absolute Gasteiger partial charge is 0.431 e. The van der Waals surface area contributed by atoms with Crippen molar-refractivity contribution in [1.29, 1.82) is 0 Å². The Kier molecular flexibility index (Phi) is 3.80. The minimum Gasteiger partial charge on any atom is -0.235 e. The third-order valence-electron chi connectivity index (χ3n) is 1.33. The van der Waals surface area contributed by atoms with Gasteiger partial charge in [-0.25, -0.2) is 8.78 Å². The molecule has 0 fully saturated rings. The van der Waals surface area contributed by atoms with Crippen LogP contribution in [0.5, 0.6) is 0 Å². The lowest BCUT2D eigenvalue weighted by Gasteiger charge is -2.29. The van der Waals surface area contributed by atoms with Gasteiger partial charge in [0.1, 0.15) is 0 Å². The van der Waals surface area contributed by atoms with Gasteiger partial charge in [0.15, 0.2) is 5.08 Å². The molecule has 0 aromatic carbocycles. The lowest BCUT2D eigenvalue weighted by atomic mass is 10.0. The van der Waals surface area contributed by atoms with Crippen molar-refractivity contribution in [2.45, 2.75) is 29.5 Å². The molecule has 0 aromatic rings. The van der Waals surface area contributed by atoms with E-state index in [0.29, 0.717) is 0 Å². The fourth-order valence-corrected chi connectivity index (χ4v) is 1.05. The minimum atomic E-state index is -6.19. The number of alkyl halides is 9. The predicted molar refractivity (Wildman–Crippen MR) is 34.4 cm³/mol. The van der Waals surface area contributed by atoms with Crippen molar-refractivity contribution in [1.82, 2.24) is 0 Å². The molecule has 0 bridgehead atoms. The Morgan fingerprint density at radius 3 is 1.21 bits per heavy atom. The predicted octanol–water partition coefficient (Wildman–Crippen LogP) is 3.90. The van der Waals surface area contributed by atoms with E-state index in [1.165, 1.54) is 0 Å². The van der Waals surface area contributed by atoms with Crippen molar-refractivity contribution in [3.05, 3.63) is 0 Å². The Hall–Kier alpha value is -0.0800. The maximum absolute atomic E-state index is 12.5. The molecule has 0 aliphatic carbocycles. The Morgan fingerprint density at radius 1 is 0.857 bits per heavy atom. The Bertz CT molecular complexity index is 177. The molecule has 0 radical (unpaired) electrons. The van der Waals surface area contributed by atoms with Crippen LogP contribution in [-0.4, -0.2) is 23.1 Å². The van der Waals surface area contributed by atoms with E-state index in [1.807, 2.05) is 0 Å². The van der Waals surface area contributed by atoms with Crippen molar-refractivity contribution in [3.8, 4) is 0 Å². The highest BCUT2D eigenvalue weighted by Gasteiger charge is 2.72. The van der Waals surface area contributed by atoms with E-state index in [2.05, 4.69) is 0 Å². The van der Waals surface area contributed by atoms with Crippen LogP contribution in [0.25, 0.3) is 0 Å². The molecule has 0 heterocycles. The van der Waals surface area contributed by atoms with Crippen LogP contribution in [-0.2, 0) is 0 Å². The molecule has 0 spiro atoms. The van der Waals surface area contributed by atoms with Crippen LogP contribution in [0.1, 0.15) is 6.42 Å². The number of hydrogen-bond donors (Lipinski definition) is 0. The lowest BCUT2D eigenvalue weighted by molar-refractivity contribution is -0.344. The zero-order valence-electron chi connectivity index (χ0n) is 6.19. The summed E-state index contributed by atoms with van der Waals surface area (Å²) in [6.45, 7) is 0. The Morgan fingerprint density at radius 2 is 1.14 bits per heavy atom. The van der Waals surface area contributed by atoms with Crippen molar-refractivity contribution in [3.63, 3.8) is 0 Å². The first-order valence-electron chi connectivity index (χ1n) is 3.02. The molecule has 0 nitrogen and oxygen atoms in total. The first kappa shape index (κ1) is 13.9. The van der Waals surface area contributed by atoms with Crippen molar-refractivity contribution in [2.24, 2.45) is 0 Å². The molecule has 0 aliphatic heterocycles. The average Bonchev–Trinajstić information content (AvgIpc) is 1.79. The van der Waals surface area contributed by atoms with Crippen molar-refractivity contribution < 1.29 is 35.1 Å². The Labute approximate surface area is 81.4 Å². The van der Waals surface area contributed by atoms with Crippen LogP contribution in [0.2, 0.25) is 0 Å². The zero-order valence-corrected chi connectivity index (χ0v) is 7.77. The molecule has 9 heteroatoms. The van der Waals surface area contributed by atoms with Crippen LogP contribution >= 0.6 is 15.9 Å². The molecule has 0 aliphatic rings. The minimum absolute atomic E-state index is 1.79. The van der Waals surface area contributed by atoms with Gasteiger partial charge in [-0.3, -0.25) is 0 Å². The first-order chi connectivity index (χ1) is 5.92. The van der Waals surface area contributed by atoms with Crippen LogP contribution < -0.4 is 0 Å². The molecule has 86 valence electrons. The third kappa shape index (κ3) is 2.71. The standard InChI is InChI=1S/C5H3BrF8/c6-2(7)1-3(8,4(9,10)11)5(12,13)14/h2H,1H2. The zero-order chi connectivity index (χ0) is 11.8. The van der Waals surface area contributed by atoms with Gasteiger partial charge in [0, 0.05) is 6.42 Å². The maximum Gasteiger partial charge on any atom is 0.431 e. The van der Waals surface area contributed by atoms with Gasteiger partial charge in [0.05, 0.1) is 0 Å². The molecule has 1 atom stereocenters. The van der Waals surface area contributed by atoms with Crippen molar-refractivity contribution in [2.75, 3.05) is 0 Å². The fourth-order valence-electron chi connectivity index (χ4n) is 0.605. The molecule has 14 heavy (non-hydrogen) atoms. The van der Waals surface area contributed by atoms with Gasteiger partial charge in [0.2, 0.25) is 0 Å². The van der Waals surface area contributed by atoms with E-state index in [9.17, 15) is 35.1 Å². The van der Waals surface area contributed by atoms with Crippen LogP contribution in [0.3, 0.4) is 0 Å². The van der Waals surface area contributed by atoms with Gasteiger partial charge in [-0.1, -0.05) is 15.9 Å². The van der Waals surface area contributed by atoms with Gasteiger partial charge in [0.25, 0.3) is 0 Å². The van der Waals surface area contributed by atoms with E-state index in [4.69, 9.17) is 0 Å². The summed E-state index contributed by atoms with van der Waals surface area (Å²) in [7, 11) is 0. The van der Waals surface area contributed by atoms with Crippen LogP contribution in [0, 0.1) is 0 Å². The van der Waals surface area contributed by atoms with E-state index in [-0.39, 0.29) is 0 Å². The van der Waals surface area contributed by atoms with Gasteiger partial charge in [-0.2, -0.15) is 26.3 Å². The quantitative estimate of drug-likeness (QED) is 0.535. The number of hydrogen-bond acceptors (Lipinski definition) is 0. The van der Waals surface area contributed by atoms with Gasteiger partial charge in [-0.15, -0.1) is 0 Å². The first-order valence-corrected chi connectivity index (χ1v) is 3.94. The maximum atomic E-state index is 12.5. The van der Waals surface area contributed by atoms with E-state index >= 15 is 0 Å². The van der Waals surface area contributed by atoms with E-state index in [0.717, 1.165) is 0 Å². The number of halogens is 9. The molecule has 0 saturated heterocycles. The van der Waals surface area contributed by atoms with Crippen LogP contribution in [0.4, 0.5) is 35.1 Å². The molecule has 0 amide bonds. The molecule has 0 saturated carbocycles. The van der Waals surface area contributed by atoms with E-state index in [1.54, 1.807) is 15.9 Å². The summed E-state index contributed by atoms with van der Waals surface area (Å²) in [4.78, 5) is 0. The molecule has 0 rings (SSSR count). The van der Waals surface area contributed by atoms with Gasteiger partial charge < -0.3 is 0 Å². The van der Waals surface area contributed by atoms with Crippen molar-refractivity contribution >= 4 is 15.9 Å². The monoisotopic (exact) mass is 294 g/mol. The SMILES string of the molecule is FC(Br)CC(F)(C(F)(F)F)C(F)(F)F. The summed E-state index contributed by atoms with van der Waals surface area (Å²) in [6, 6.07) is 0. The average molecular weight is 295 g/mol. The molecule has 1 unspecified atom stereocenters. The van der Waals surface area contributed by atoms with Crippen LogP contribution in [0.15, 0.2) is 0 Å². The summed E-state index contributed by atoms with van der Waals surface area (Å²) in [6.07, 6.45) is -14.7. The summed E-state index contributed by atoms with van der Waals surface area (Å²) in [5, 5.41) is -2.73. The van der Waals surface area contributed by atoms with E-state index < -0.39 is 29.5 Å². The topological polar surface area (TPSA) is 0 Å². The summed E-state index contributed by atoms with van der Waals surface area (Å²) in [5.41, 5.74) is -5.52. The van der Waals surface area contributed by atoms with Gasteiger partial charge in [-0.05, 0) is 0 Å². The molecule has 0 N–H and O–H groups in total. The molecular weight excluding hydrogens is 292 g/mol. The highest BCUT2D eigenvalue weighted by molar-refractivity contribution is 9.09. The lowest BCUT2D eigenvalue weighted by Crippen LogP contribution is -2.54. The molecular formula is C5H3BrF8. The summed E-state index contributed by atoms with van der Waals surface area (Å²) >= 11 is 1.79.